The number of nitrogens with one attached hydrogen (secondary N) is 2. The molecule has 0 aliphatic carbocycles. The average molecular weight is 367 g/mol. The largest absolute Gasteiger partial charge is 0.399 e. The second-order valence-electron chi connectivity index (χ2n) is 4.43. The highest BCUT2D eigenvalue weighted by molar-refractivity contribution is 9.10. The van der Waals surface area contributed by atoms with E-state index in [-0.39, 0.29) is 10.7 Å². The van der Waals surface area contributed by atoms with Crippen molar-refractivity contribution in [2.24, 2.45) is 0 Å². The molecule has 21 heavy (non-hydrogen) atoms. The summed E-state index contributed by atoms with van der Waals surface area (Å²) in [7, 11) is -3.72. The Morgan fingerprint density at radius 1 is 1.24 bits per heavy atom. The van der Waals surface area contributed by atoms with Crippen molar-refractivity contribution in [3.63, 3.8) is 0 Å². The maximum absolute atomic E-state index is 12.4. The van der Waals surface area contributed by atoms with Crippen LogP contribution in [0.3, 0.4) is 0 Å². The van der Waals surface area contributed by atoms with Gasteiger partial charge in [-0.1, -0.05) is 0 Å². The molecule has 0 fully saturated rings. The lowest BCUT2D eigenvalue weighted by molar-refractivity contribution is 0.602. The number of nitrogens with two attached hydrogens (primary N) is 1. The van der Waals surface area contributed by atoms with Crippen molar-refractivity contribution in [1.29, 1.82) is 0 Å². The van der Waals surface area contributed by atoms with Gasteiger partial charge in [0.05, 0.1) is 0 Å². The predicted octanol–water partition coefficient (Wildman–Crippen LogP) is 2.71. The SMILES string of the molecule is Nc1ccc2c(S(=O)(=O)Nc3ccc(Br)cn3)c[nH]c2c1. The molecule has 0 amide bonds. The number of fused-ring (bicyclic) bond motifs is 1. The quantitative estimate of drug-likeness (QED) is 0.620. The molecule has 4 N–H and O–H groups in total. The number of nitrogens with zero attached hydrogens (tertiary/aromatic N) is 1. The fourth-order valence-electron chi connectivity index (χ4n) is 1.97. The Morgan fingerprint density at radius 3 is 2.76 bits per heavy atom. The van der Waals surface area contributed by atoms with E-state index < -0.39 is 10.0 Å². The van der Waals surface area contributed by atoms with Crippen LogP contribution in [0.4, 0.5) is 11.5 Å². The lowest BCUT2D eigenvalue weighted by atomic mass is 10.2. The van der Waals surface area contributed by atoms with Crippen LogP contribution < -0.4 is 10.5 Å². The number of sulfonamides is 1. The molecule has 1 aromatic carbocycles. The van der Waals surface area contributed by atoms with Crippen LogP contribution in [0.25, 0.3) is 10.9 Å². The molecule has 0 spiro atoms. The van der Waals surface area contributed by atoms with E-state index in [1.807, 2.05) is 0 Å². The van der Waals surface area contributed by atoms with Gasteiger partial charge in [-0.15, -0.1) is 0 Å². The summed E-state index contributed by atoms with van der Waals surface area (Å²) in [6.45, 7) is 0. The van der Waals surface area contributed by atoms with Crippen molar-refractivity contribution in [3.8, 4) is 0 Å². The number of benzene rings is 1. The zero-order chi connectivity index (χ0) is 15.0. The highest BCUT2D eigenvalue weighted by Gasteiger charge is 2.19. The van der Waals surface area contributed by atoms with Gasteiger partial charge in [0.1, 0.15) is 10.7 Å². The second kappa shape index (κ2) is 5.05. The molecule has 0 saturated carbocycles. The summed E-state index contributed by atoms with van der Waals surface area (Å²) in [5.41, 5.74) is 6.91. The Bertz CT molecular complexity index is 904. The van der Waals surface area contributed by atoms with Crippen LogP contribution in [0.5, 0.6) is 0 Å². The molecule has 0 atom stereocenters. The average Bonchev–Trinajstić information content (AvgIpc) is 2.85. The van der Waals surface area contributed by atoms with Gasteiger partial charge < -0.3 is 10.7 Å². The smallest absolute Gasteiger partial charge is 0.265 e. The summed E-state index contributed by atoms with van der Waals surface area (Å²) in [6.07, 6.45) is 2.96. The molecule has 0 aliphatic heterocycles. The summed E-state index contributed by atoms with van der Waals surface area (Å²) in [6, 6.07) is 8.30. The third kappa shape index (κ3) is 2.72. The van der Waals surface area contributed by atoms with Gasteiger partial charge in [0.15, 0.2) is 0 Å². The van der Waals surface area contributed by atoms with Gasteiger partial charge in [-0.05, 0) is 46.3 Å². The van der Waals surface area contributed by atoms with E-state index in [1.54, 1.807) is 30.3 Å². The van der Waals surface area contributed by atoms with Crippen molar-refractivity contribution in [1.82, 2.24) is 9.97 Å². The molecule has 0 aliphatic rings. The van der Waals surface area contributed by atoms with Crippen molar-refractivity contribution >= 4 is 48.4 Å². The number of hydrogen-bond donors (Lipinski definition) is 3. The summed E-state index contributed by atoms with van der Waals surface area (Å²) in [5, 5.41) is 0.578. The standard InChI is InChI=1S/C13H11BrN4O2S/c14-8-1-4-13(17-6-8)18-21(19,20)12-7-16-11-5-9(15)2-3-10(11)12/h1-7,16H,15H2,(H,17,18). The molecule has 2 aromatic heterocycles. The van der Waals surface area contributed by atoms with Crippen LogP contribution in [0.2, 0.25) is 0 Å². The Hall–Kier alpha value is -2.06. The molecule has 3 rings (SSSR count). The Morgan fingerprint density at radius 2 is 2.05 bits per heavy atom. The third-order valence-electron chi connectivity index (χ3n) is 2.92. The maximum Gasteiger partial charge on any atom is 0.265 e. The lowest BCUT2D eigenvalue weighted by Crippen LogP contribution is -2.13. The first kappa shape index (κ1) is 13.9. The molecule has 0 radical (unpaired) electrons. The topological polar surface area (TPSA) is 101 Å². The fourth-order valence-corrected chi connectivity index (χ4v) is 3.39. The highest BCUT2D eigenvalue weighted by Crippen LogP contribution is 2.26. The van der Waals surface area contributed by atoms with Crippen LogP contribution in [-0.4, -0.2) is 18.4 Å². The highest BCUT2D eigenvalue weighted by atomic mass is 79.9. The van der Waals surface area contributed by atoms with Crippen LogP contribution in [0, 0.1) is 0 Å². The van der Waals surface area contributed by atoms with Crippen LogP contribution in [-0.2, 0) is 10.0 Å². The Labute approximate surface area is 129 Å². The minimum Gasteiger partial charge on any atom is -0.399 e. The number of hydrogen-bond acceptors (Lipinski definition) is 4. The molecule has 6 nitrogen and oxygen atoms in total. The zero-order valence-corrected chi connectivity index (χ0v) is 13.1. The number of H-pyrrole nitrogens is 1. The Balaban J connectivity index is 2.02. The molecular formula is C13H11BrN4O2S. The van der Waals surface area contributed by atoms with Gasteiger partial charge in [0, 0.05) is 33.5 Å². The summed E-state index contributed by atoms with van der Waals surface area (Å²) in [4.78, 5) is 7.06. The number of nitrogen functional groups attached to an aromatic ring is 1. The molecular weight excluding hydrogens is 356 g/mol. The molecule has 108 valence electrons. The molecule has 0 unspecified atom stereocenters. The van der Waals surface area contributed by atoms with Crippen LogP contribution >= 0.6 is 15.9 Å². The van der Waals surface area contributed by atoms with Crippen molar-refractivity contribution < 1.29 is 8.42 Å². The monoisotopic (exact) mass is 366 g/mol. The van der Waals surface area contributed by atoms with E-state index in [4.69, 9.17) is 5.73 Å². The number of halogens is 1. The van der Waals surface area contributed by atoms with Crippen molar-refractivity contribution in [3.05, 3.63) is 47.2 Å². The van der Waals surface area contributed by atoms with Gasteiger partial charge in [-0.3, -0.25) is 4.72 Å². The first-order valence-corrected chi connectivity index (χ1v) is 8.24. The van der Waals surface area contributed by atoms with Crippen LogP contribution in [0.15, 0.2) is 52.1 Å². The van der Waals surface area contributed by atoms with E-state index in [9.17, 15) is 8.42 Å². The molecule has 8 heteroatoms. The number of pyridine rings is 1. The zero-order valence-electron chi connectivity index (χ0n) is 10.7. The second-order valence-corrected chi connectivity index (χ2v) is 6.99. The molecule has 2 heterocycles. The summed E-state index contributed by atoms with van der Waals surface area (Å²) >= 11 is 3.25. The number of rotatable bonds is 3. The normalized spacial score (nSPS) is 11.7. The van der Waals surface area contributed by atoms with Gasteiger partial charge in [-0.2, -0.15) is 0 Å². The Kier molecular flexibility index (Phi) is 3.34. The minimum absolute atomic E-state index is 0.155. The minimum atomic E-state index is -3.72. The van der Waals surface area contributed by atoms with Crippen molar-refractivity contribution in [2.75, 3.05) is 10.5 Å². The van der Waals surface area contributed by atoms with E-state index in [1.165, 1.54) is 12.4 Å². The van der Waals surface area contributed by atoms with E-state index in [0.717, 1.165) is 4.47 Å². The maximum atomic E-state index is 12.4. The fraction of sp³-hybridized carbons (Fsp3) is 0. The molecule has 3 aromatic rings. The predicted molar refractivity (Wildman–Crippen MR) is 85.5 cm³/mol. The number of anilines is 2. The van der Waals surface area contributed by atoms with E-state index in [2.05, 4.69) is 30.6 Å². The summed E-state index contributed by atoms with van der Waals surface area (Å²) in [5.74, 6) is 0.253. The first-order chi connectivity index (χ1) is 9.95. The van der Waals surface area contributed by atoms with Gasteiger partial charge in [-0.25, -0.2) is 13.4 Å². The molecule has 0 saturated heterocycles. The van der Waals surface area contributed by atoms with Gasteiger partial charge in [0.25, 0.3) is 10.0 Å². The van der Waals surface area contributed by atoms with Crippen LogP contribution in [0.1, 0.15) is 0 Å². The number of aromatic nitrogens is 2. The van der Waals surface area contributed by atoms with Crippen molar-refractivity contribution in [2.45, 2.75) is 4.90 Å². The summed E-state index contributed by atoms with van der Waals surface area (Å²) < 4.78 is 28.1. The van der Waals surface area contributed by atoms with E-state index >= 15 is 0 Å². The molecule has 0 bridgehead atoms. The van der Waals surface area contributed by atoms with Gasteiger partial charge >= 0.3 is 0 Å². The van der Waals surface area contributed by atoms with Gasteiger partial charge in [0.2, 0.25) is 0 Å². The van der Waals surface area contributed by atoms with E-state index in [0.29, 0.717) is 16.6 Å². The first-order valence-electron chi connectivity index (χ1n) is 5.97. The third-order valence-corrected chi connectivity index (χ3v) is 4.79. The lowest BCUT2D eigenvalue weighted by Gasteiger charge is -2.06. The number of aromatic amines is 1.